The summed E-state index contributed by atoms with van der Waals surface area (Å²) < 4.78 is 5.69. The molecule has 0 radical (unpaired) electrons. The van der Waals surface area contributed by atoms with E-state index >= 15 is 0 Å². The van der Waals surface area contributed by atoms with Crippen molar-refractivity contribution >= 4 is 5.97 Å². The zero-order valence-corrected chi connectivity index (χ0v) is 9.61. The highest BCUT2D eigenvalue weighted by atomic mass is 16.5. The molecule has 1 heterocycles. The zero-order chi connectivity index (χ0) is 11.3. The number of hydrogen-bond donors (Lipinski definition) is 1. The molecule has 1 saturated heterocycles. The van der Waals surface area contributed by atoms with Crippen LogP contribution in [0.15, 0.2) is 0 Å². The molecule has 1 unspecified atom stereocenters. The monoisotopic (exact) mass is 215 g/mol. The molecule has 4 nitrogen and oxygen atoms in total. The third-order valence-corrected chi connectivity index (χ3v) is 2.64. The largest absolute Gasteiger partial charge is 0.480 e. The van der Waals surface area contributed by atoms with Crippen LogP contribution >= 0.6 is 0 Å². The van der Waals surface area contributed by atoms with Gasteiger partial charge < -0.3 is 9.84 Å². The van der Waals surface area contributed by atoms with E-state index in [0.717, 1.165) is 32.5 Å². The van der Waals surface area contributed by atoms with Crippen LogP contribution in [0.3, 0.4) is 0 Å². The fraction of sp³-hybridized carbons (Fsp3) is 0.909. The van der Waals surface area contributed by atoms with E-state index in [0.29, 0.717) is 5.92 Å². The fourth-order valence-electron chi connectivity index (χ4n) is 1.74. The van der Waals surface area contributed by atoms with E-state index in [-0.39, 0.29) is 12.6 Å². The van der Waals surface area contributed by atoms with Crippen LogP contribution in [0.5, 0.6) is 0 Å². The molecule has 88 valence electrons. The minimum Gasteiger partial charge on any atom is -0.480 e. The zero-order valence-electron chi connectivity index (χ0n) is 9.61. The smallest absolute Gasteiger partial charge is 0.317 e. The van der Waals surface area contributed by atoms with Crippen LogP contribution in [0.25, 0.3) is 0 Å². The van der Waals surface area contributed by atoms with E-state index in [2.05, 4.69) is 13.8 Å². The van der Waals surface area contributed by atoms with Gasteiger partial charge in [0.05, 0.1) is 12.6 Å². The molecule has 1 atom stereocenters. The van der Waals surface area contributed by atoms with Gasteiger partial charge in [-0.05, 0) is 18.8 Å². The summed E-state index contributed by atoms with van der Waals surface area (Å²) in [6.45, 7) is 6.90. The first-order valence-corrected chi connectivity index (χ1v) is 5.63. The van der Waals surface area contributed by atoms with Gasteiger partial charge in [-0.1, -0.05) is 13.8 Å². The molecule has 1 rings (SSSR count). The summed E-state index contributed by atoms with van der Waals surface area (Å²) in [7, 11) is 0. The number of nitrogens with zero attached hydrogens (tertiary/aromatic N) is 1. The molecule has 0 saturated carbocycles. The molecular formula is C11H21NO3. The predicted molar refractivity (Wildman–Crippen MR) is 57.9 cm³/mol. The van der Waals surface area contributed by atoms with E-state index in [9.17, 15) is 4.79 Å². The minimum absolute atomic E-state index is 0.143. The van der Waals surface area contributed by atoms with Gasteiger partial charge in [0, 0.05) is 19.7 Å². The van der Waals surface area contributed by atoms with Gasteiger partial charge in [0.2, 0.25) is 0 Å². The van der Waals surface area contributed by atoms with Crippen LogP contribution in [0.4, 0.5) is 0 Å². The Morgan fingerprint density at radius 3 is 2.93 bits per heavy atom. The van der Waals surface area contributed by atoms with Crippen molar-refractivity contribution in [3.05, 3.63) is 0 Å². The average molecular weight is 215 g/mol. The van der Waals surface area contributed by atoms with E-state index in [1.165, 1.54) is 0 Å². The molecule has 4 heteroatoms. The normalized spacial score (nSPS) is 22.5. The van der Waals surface area contributed by atoms with Gasteiger partial charge in [0.15, 0.2) is 0 Å². The summed E-state index contributed by atoms with van der Waals surface area (Å²) in [5.41, 5.74) is 0. The van der Waals surface area contributed by atoms with Crippen LogP contribution < -0.4 is 0 Å². The summed E-state index contributed by atoms with van der Waals surface area (Å²) in [5, 5.41) is 8.63. The van der Waals surface area contributed by atoms with E-state index in [1.807, 2.05) is 4.90 Å². The third-order valence-electron chi connectivity index (χ3n) is 2.64. The summed E-state index contributed by atoms with van der Waals surface area (Å²) in [6.07, 6.45) is 2.28. The molecule has 0 spiro atoms. The third kappa shape index (κ3) is 5.14. The van der Waals surface area contributed by atoms with Crippen molar-refractivity contribution in [3.63, 3.8) is 0 Å². The average Bonchev–Trinajstić information content (AvgIpc) is 2.50. The van der Waals surface area contributed by atoms with Crippen molar-refractivity contribution in [2.75, 3.05) is 26.2 Å². The molecule has 0 amide bonds. The lowest BCUT2D eigenvalue weighted by Crippen LogP contribution is -2.29. The van der Waals surface area contributed by atoms with Gasteiger partial charge in [0.25, 0.3) is 0 Å². The molecule has 1 aliphatic rings. The first-order chi connectivity index (χ1) is 7.08. The number of ether oxygens (including phenoxy) is 1. The second-order valence-corrected chi connectivity index (χ2v) is 4.59. The van der Waals surface area contributed by atoms with Crippen LogP contribution in [-0.2, 0) is 9.53 Å². The number of hydrogen-bond acceptors (Lipinski definition) is 3. The molecule has 1 N–H and O–H groups in total. The molecule has 1 aliphatic heterocycles. The Kier molecular flexibility index (Phi) is 5.05. The van der Waals surface area contributed by atoms with Crippen LogP contribution in [0.2, 0.25) is 0 Å². The highest BCUT2D eigenvalue weighted by Gasteiger charge is 2.24. The quantitative estimate of drug-likeness (QED) is 0.723. The molecular weight excluding hydrogens is 194 g/mol. The summed E-state index contributed by atoms with van der Waals surface area (Å²) >= 11 is 0. The van der Waals surface area contributed by atoms with Crippen molar-refractivity contribution in [2.45, 2.75) is 32.8 Å². The van der Waals surface area contributed by atoms with Gasteiger partial charge in [-0.2, -0.15) is 0 Å². The van der Waals surface area contributed by atoms with Crippen molar-refractivity contribution in [3.8, 4) is 0 Å². The van der Waals surface area contributed by atoms with Gasteiger partial charge in [-0.15, -0.1) is 0 Å². The Balaban J connectivity index is 2.11. The van der Waals surface area contributed by atoms with Gasteiger partial charge >= 0.3 is 5.97 Å². The Morgan fingerprint density at radius 1 is 1.60 bits per heavy atom. The lowest BCUT2D eigenvalue weighted by molar-refractivity contribution is -0.138. The number of carboxylic acid groups (broad SMARTS) is 1. The van der Waals surface area contributed by atoms with Crippen molar-refractivity contribution in [1.29, 1.82) is 0 Å². The Labute approximate surface area is 91.2 Å². The van der Waals surface area contributed by atoms with Crippen LogP contribution in [-0.4, -0.2) is 48.3 Å². The lowest BCUT2D eigenvalue weighted by atomic mass is 10.1. The lowest BCUT2D eigenvalue weighted by Gasteiger charge is -2.14. The number of carbonyl (C=O) groups is 1. The molecule has 1 fully saturated rings. The summed E-state index contributed by atoms with van der Waals surface area (Å²) in [4.78, 5) is 12.4. The van der Waals surface area contributed by atoms with E-state index in [1.54, 1.807) is 0 Å². The second-order valence-electron chi connectivity index (χ2n) is 4.59. The Morgan fingerprint density at radius 2 is 2.33 bits per heavy atom. The highest BCUT2D eigenvalue weighted by molar-refractivity contribution is 5.69. The minimum atomic E-state index is -0.752. The number of likely N-dealkylation sites (tertiary alicyclic amines) is 1. The van der Waals surface area contributed by atoms with Crippen LogP contribution in [0, 0.1) is 5.92 Å². The standard InChI is InChI=1S/C11H21NO3/c1-9(2)4-6-15-10-3-5-12(7-10)8-11(13)14/h9-10H,3-8H2,1-2H3,(H,13,14). The molecule has 15 heavy (non-hydrogen) atoms. The van der Waals surface area contributed by atoms with Crippen molar-refractivity contribution in [1.82, 2.24) is 4.90 Å². The van der Waals surface area contributed by atoms with Gasteiger partial charge in [-0.3, -0.25) is 9.69 Å². The first kappa shape index (κ1) is 12.5. The first-order valence-electron chi connectivity index (χ1n) is 5.63. The Hall–Kier alpha value is -0.610. The summed E-state index contributed by atoms with van der Waals surface area (Å²) in [6, 6.07) is 0. The predicted octanol–water partition coefficient (Wildman–Crippen LogP) is 1.21. The second kappa shape index (κ2) is 6.08. The molecule has 0 aromatic rings. The highest BCUT2D eigenvalue weighted by Crippen LogP contribution is 2.13. The Bertz CT molecular complexity index is 206. The molecule has 0 aliphatic carbocycles. The molecule has 0 aromatic heterocycles. The van der Waals surface area contributed by atoms with Gasteiger partial charge in [0.1, 0.15) is 0 Å². The maximum absolute atomic E-state index is 10.5. The maximum atomic E-state index is 10.5. The van der Waals surface area contributed by atoms with Crippen molar-refractivity contribution in [2.24, 2.45) is 5.92 Å². The SMILES string of the molecule is CC(C)CCOC1CCN(CC(=O)O)C1. The number of aliphatic carboxylic acids is 1. The number of carboxylic acids is 1. The molecule has 0 bridgehead atoms. The molecule has 0 aromatic carbocycles. The van der Waals surface area contributed by atoms with Crippen molar-refractivity contribution < 1.29 is 14.6 Å². The summed E-state index contributed by atoms with van der Waals surface area (Å²) in [5.74, 6) is -0.0839. The van der Waals surface area contributed by atoms with E-state index < -0.39 is 5.97 Å². The topological polar surface area (TPSA) is 49.8 Å². The fourth-order valence-corrected chi connectivity index (χ4v) is 1.74. The van der Waals surface area contributed by atoms with Crippen LogP contribution in [0.1, 0.15) is 26.7 Å². The number of rotatable bonds is 6. The van der Waals surface area contributed by atoms with E-state index in [4.69, 9.17) is 9.84 Å². The maximum Gasteiger partial charge on any atom is 0.317 e. The van der Waals surface area contributed by atoms with Gasteiger partial charge in [-0.25, -0.2) is 0 Å².